The number of aromatic nitrogens is 2. The predicted molar refractivity (Wildman–Crippen MR) is 98.3 cm³/mol. The topological polar surface area (TPSA) is 47.0 Å². The average Bonchev–Trinajstić information content (AvgIpc) is 2.63. The van der Waals surface area contributed by atoms with Crippen molar-refractivity contribution in [3.05, 3.63) is 65.4 Å². The van der Waals surface area contributed by atoms with Crippen molar-refractivity contribution in [2.45, 2.75) is 5.88 Å². The number of nitrogens with zero attached hydrogens (tertiary/aromatic N) is 2. The number of alkyl halides is 1. The predicted octanol–water partition coefficient (Wildman–Crippen LogP) is 5.29. The number of ether oxygens (including phenoxy) is 1. The van der Waals surface area contributed by atoms with Gasteiger partial charge in [0.1, 0.15) is 17.9 Å². The number of nitrogens with one attached hydrogen (secondary N) is 1. The van der Waals surface area contributed by atoms with Gasteiger partial charge in [-0.1, -0.05) is 23.7 Å². The minimum absolute atomic E-state index is 0.352. The van der Waals surface area contributed by atoms with Crippen molar-refractivity contribution in [2.24, 2.45) is 0 Å². The van der Waals surface area contributed by atoms with Crippen molar-refractivity contribution in [2.75, 3.05) is 12.4 Å². The van der Waals surface area contributed by atoms with E-state index in [4.69, 9.17) is 27.9 Å². The zero-order valence-corrected chi connectivity index (χ0v) is 14.5. The highest BCUT2D eigenvalue weighted by atomic mass is 35.5. The van der Waals surface area contributed by atoms with Gasteiger partial charge < -0.3 is 10.1 Å². The van der Waals surface area contributed by atoms with E-state index in [2.05, 4.69) is 15.3 Å². The first-order valence-electron chi connectivity index (χ1n) is 7.28. The molecule has 0 fully saturated rings. The number of rotatable bonds is 5. The van der Waals surface area contributed by atoms with Gasteiger partial charge in [-0.05, 0) is 35.9 Å². The van der Waals surface area contributed by atoms with Crippen LogP contribution >= 0.6 is 23.2 Å². The Balaban J connectivity index is 1.91. The minimum atomic E-state index is 0.352. The molecule has 0 bridgehead atoms. The molecule has 0 amide bonds. The largest absolute Gasteiger partial charge is 0.496 e. The van der Waals surface area contributed by atoms with Gasteiger partial charge in [0, 0.05) is 28.2 Å². The monoisotopic (exact) mass is 359 g/mol. The smallest absolute Gasteiger partial charge is 0.134 e. The van der Waals surface area contributed by atoms with Crippen LogP contribution in [0.4, 0.5) is 11.5 Å². The molecule has 0 aliphatic heterocycles. The fourth-order valence-corrected chi connectivity index (χ4v) is 2.81. The molecule has 6 heteroatoms. The highest BCUT2D eigenvalue weighted by Crippen LogP contribution is 2.30. The second kappa shape index (κ2) is 7.51. The Morgan fingerprint density at radius 1 is 1.08 bits per heavy atom. The third-order valence-electron chi connectivity index (χ3n) is 3.51. The number of anilines is 2. The van der Waals surface area contributed by atoms with E-state index in [1.807, 2.05) is 48.5 Å². The zero-order chi connectivity index (χ0) is 16.9. The van der Waals surface area contributed by atoms with Crippen molar-refractivity contribution in [1.29, 1.82) is 0 Å². The van der Waals surface area contributed by atoms with Crippen LogP contribution in [-0.2, 0) is 5.88 Å². The van der Waals surface area contributed by atoms with E-state index in [1.165, 1.54) is 6.33 Å². The quantitative estimate of drug-likeness (QED) is 0.628. The molecule has 1 aromatic heterocycles. The number of halogens is 2. The molecular weight excluding hydrogens is 345 g/mol. The fraction of sp³-hybridized carbons (Fsp3) is 0.111. The molecule has 0 unspecified atom stereocenters. The van der Waals surface area contributed by atoms with Gasteiger partial charge in [-0.15, -0.1) is 11.6 Å². The molecule has 0 radical (unpaired) electrons. The lowest BCUT2D eigenvalue weighted by molar-refractivity contribution is 0.416. The van der Waals surface area contributed by atoms with Gasteiger partial charge in [0.2, 0.25) is 0 Å². The van der Waals surface area contributed by atoms with E-state index >= 15 is 0 Å². The van der Waals surface area contributed by atoms with Crippen LogP contribution < -0.4 is 10.1 Å². The summed E-state index contributed by atoms with van der Waals surface area (Å²) in [6.45, 7) is 0. The SMILES string of the molecule is COc1ccccc1-c1cc(Nc2ccc(Cl)c(CCl)c2)ncn1. The lowest BCUT2D eigenvalue weighted by Gasteiger charge is -2.10. The molecule has 24 heavy (non-hydrogen) atoms. The maximum atomic E-state index is 6.09. The number of hydrogen-bond acceptors (Lipinski definition) is 4. The normalized spacial score (nSPS) is 10.5. The summed E-state index contributed by atoms with van der Waals surface area (Å²) in [5.74, 6) is 1.79. The number of methoxy groups -OCH3 is 1. The van der Waals surface area contributed by atoms with Crippen LogP contribution in [0.5, 0.6) is 5.75 Å². The lowest BCUT2D eigenvalue weighted by atomic mass is 10.1. The highest BCUT2D eigenvalue weighted by molar-refractivity contribution is 6.32. The first-order valence-corrected chi connectivity index (χ1v) is 8.19. The summed E-state index contributed by atoms with van der Waals surface area (Å²) in [4.78, 5) is 8.60. The molecule has 2 aromatic carbocycles. The van der Waals surface area contributed by atoms with Gasteiger partial charge >= 0.3 is 0 Å². The Morgan fingerprint density at radius 2 is 1.92 bits per heavy atom. The summed E-state index contributed by atoms with van der Waals surface area (Å²) in [7, 11) is 1.64. The van der Waals surface area contributed by atoms with Crippen molar-refractivity contribution in [3.8, 4) is 17.0 Å². The summed E-state index contributed by atoms with van der Waals surface area (Å²) < 4.78 is 5.39. The summed E-state index contributed by atoms with van der Waals surface area (Å²) >= 11 is 12.0. The van der Waals surface area contributed by atoms with E-state index in [0.29, 0.717) is 16.7 Å². The molecule has 122 valence electrons. The third-order valence-corrected chi connectivity index (χ3v) is 4.17. The van der Waals surface area contributed by atoms with Crippen molar-refractivity contribution in [1.82, 2.24) is 9.97 Å². The van der Waals surface area contributed by atoms with Crippen LogP contribution in [0, 0.1) is 0 Å². The molecule has 0 aliphatic carbocycles. The molecule has 0 spiro atoms. The van der Waals surface area contributed by atoms with Crippen molar-refractivity contribution in [3.63, 3.8) is 0 Å². The zero-order valence-electron chi connectivity index (χ0n) is 13.0. The molecule has 3 rings (SSSR count). The van der Waals surface area contributed by atoms with Gasteiger partial charge in [0.25, 0.3) is 0 Å². The van der Waals surface area contributed by atoms with E-state index in [1.54, 1.807) is 7.11 Å². The number of para-hydroxylation sites is 1. The van der Waals surface area contributed by atoms with Crippen LogP contribution in [0.3, 0.4) is 0 Å². The molecule has 0 saturated heterocycles. The van der Waals surface area contributed by atoms with Crippen molar-refractivity contribution < 1.29 is 4.74 Å². The van der Waals surface area contributed by atoms with Gasteiger partial charge in [-0.3, -0.25) is 0 Å². The molecule has 0 aliphatic rings. The van der Waals surface area contributed by atoms with Crippen LogP contribution in [0.15, 0.2) is 54.9 Å². The number of hydrogen-bond donors (Lipinski definition) is 1. The average molecular weight is 360 g/mol. The second-order valence-corrected chi connectivity index (χ2v) is 5.73. The molecule has 0 atom stereocenters. The van der Waals surface area contributed by atoms with E-state index in [0.717, 1.165) is 28.3 Å². The second-order valence-electron chi connectivity index (χ2n) is 5.05. The Bertz CT molecular complexity index is 855. The van der Waals surface area contributed by atoms with E-state index in [9.17, 15) is 0 Å². The van der Waals surface area contributed by atoms with Crippen LogP contribution in [0.2, 0.25) is 5.02 Å². The van der Waals surface area contributed by atoms with Crippen LogP contribution in [0.1, 0.15) is 5.56 Å². The Hall–Kier alpha value is -2.30. The van der Waals surface area contributed by atoms with Gasteiger partial charge in [0.15, 0.2) is 0 Å². The summed E-state index contributed by atoms with van der Waals surface area (Å²) in [5, 5.41) is 3.89. The van der Waals surface area contributed by atoms with Crippen molar-refractivity contribution >= 4 is 34.7 Å². The molecule has 0 saturated carbocycles. The molecular formula is C18H15Cl2N3O. The van der Waals surface area contributed by atoms with Gasteiger partial charge in [-0.25, -0.2) is 9.97 Å². The summed E-state index contributed by atoms with van der Waals surface area (Å²) in [6, 6.07) is 15.2. The summed E-state index contributed by atoms with van der Waals surface area (Å²) in [5.41, 5.74) is 3.40. The number of benzene rings is 2. The maximum Gasteiger partial charge on any atom is 0.134 e. The minimum Gasteiger partial charge on any atom is -0.496 e. The Labute approximate surface area is 150 Å². The maximum absolute atomic E-state index is 6.09. The summed E-state index contributed by atoms with van der Waals surface area (Å²) in [6.07, 6.45) is 1.52. The first-order chi connectivity index (χ1) is 11.7. The Kier molecular flexibility index (Phi) is 5.18. The Morgan fingerprint density at radius 3 is 2.71 bits per heavy atom. The molecule has 3 aromatic rings. The van der Waals surface area contributed by atoms with E-state index in [-0.39, 0.29) is 0 Å². The van der Waals surface area contributed by atoms with Crippen LogP contribution in [0.25, 0.3) is 11.3 Å². The third kappa shape index (κ3) is 3.61. The van der Waals surface area contributed by atoms with Gasteiger partial charge in [-0.2, -0.15) is 0 Å². The van der Waals surface area contributed by atoms with Gasteiger partial charge in [0.05, 0.1) is 12.8 Å². The standard InChI is InChI=1S/C18H15Cl2N3O/c1-24-17-5-3-2-4-14(17)16-9-18(22-11-21-16)23-13-6-7-15(20)12(8-13)10-19/h2-9,11H,10H2,1H3,(H,21,22,23). The lowest BCUT2D eigenvalue weighted by Crippen LogP contribution is -1.97. The molecule has 1 N–H and O–H groups in total. The molecule has 4 nitrogen and oxygen atoms in total. The van der Waals surface area contributed by atoms with Crippen LogP contribution in [-0.4, -0.2) is 17.1 Å². The van der Waals surface area contributed by atoms with E-state index < -0.39 is 0 Å². The first kappa shape index (κ1) is 16.6. The molecule has 1 heterocycles. The highest BCUT2D eigenvalue weighted by Gasteiger charge is 2.08. The fourth-order valence-electron chi connectivity index (χ4n) is 2.33.